The van der Waals surface area contributed by atoms with Crippen LogP contribution in [0.1, 0.15) is 36.5 Å². The standard InChI is InChI=1S/C24H22Cl2N2O5/c1-13-5-10-16-17(11-13)23(31)28(22(16)30)15-8-6-14(7-9-15)24(32)33-12-20(29)27-19-4-2-3-18(25)21(19)26/h2-4,6-9,13,16-17H,5,10-12H2,1H3,(H,27,29)/t13-,16-,17+/m1/s1. The van der Waals surface area contributed by atoms with Crippen LogP contribution < -0.4 is 10.2 Å². The topological polar surface area (TPSA) is 92.8 Å². The maximum Gasteiger partial charge on any atom is 0.338 e. The second-order valence-corrected chi connectivity index (χ2v) is 9.20. The van der Waals surface area contributed by atoms with Crippen molar-refractivity contribution in [2.75, 3.05) is 16.8 Å². The number of rotatable bonds is 5. The van der Waals surface area contributed by atoms with E-state index < -0.39 is 18.5 Å². The quantitative estimate of drug-likeness (QED) is 0.485. The first-order chi connectivity index (χ1) is 15.8. The molecule has 1 aliphatic heterocycles. The summed E-state index contributed by atoms with van der Waals surface area (Å²) in [5, 5.41) is 3.00. The largest absolute Gasteiger partial charge is 0.452 e. The number of hydrogen-bond donors (Lipinski definition) is 1. The van der Waals surface area contributed by atoms with Gasteiger partial charge in [0, 0.05) is 0 Å². The van der Waals surface area contributed by atoms with Crippen molar-refractivity contribution in [3.63, 3.8) is 0 Å². The Hall–Kier alpha value is -2.90. The summed E-state index contributed by atoms with van der Waals surface area (Å²) in [5.74, 6) is -1.74. The van der Waals surface area contributed by atoms with Crippen LogP contribution >= 0.6 is 23.2 Å². The monoisotopic (exact) mass is 488 g/mol. The molecule has 1 saturated carbocycles. The van der Waals surface area contributed by atoms with Gasteiger partial charge in [0.25, 0.3) is 5.91 Å². The third-order valence-corrected chi connectivity index (χ3v) is 6.93. The zero-order valence-electron chi connectivity index (χ0n) is 17.8. The van der Waals surface area contributed by atoms with Crippen molar-refractivity contribution in [3.05, 3.63) is 58.1 Å². The summed E-state index contributed by atoms with van der Waals surface area (Å²) in [6.45, 7) is 1.58. The second kappa shape index (κ2) is 9.53. The molecule has 3 atom stereocenters. The van der Waals surface area contributed by atoms with E-state index in [9.17, 15) is 19.2 Å². The lowest BCUT2D eigenvalue weighted by Gasteiger charge is -2.25. The first-order valence-corrected chi connectivity index (χ1v) is 11.4. The number of carbonyl (C=O) groups excluding carboxylic acids is 4. The highest BCUT2D eigenvalue weighted by molar-refractivity contribution is 6.44. The summed E-state index contributed by atoms with van der Waals surface area (Å²) in [4.78, 5) is 51.3. The Morgan fingerprint density at radius 2 is 1.73 bits per heavy atom. The molecule has 2 aromatic rings. The number of anilines is 2. The molecule has 0 unspecified atom stereocenters. The molecule has 1 saturated heterocycles. The lowest BCUT2D eigenvalue weighted by atomic mass is 9.76. The van der Waals surface area contributed by atoms with Gasteiger partial charge in [-0.3, -0.25) is 19.3 Å². The third kappa shape index (κ3) is 4.75. The van der Waals surface area contributed by atoms with Crippen molar-refractivity contribution in [1.82, 2.24) is 0 Å². The Morgan fingerprint density at radius 3 is 2.45 bits per heavy atom. The molecule has 3 amide bonds. The van der Waals surface area contributed by atoms with E-state index >= 15 is 0 Å². The van der Waals surface area contributed by atoms with Crippen LogP contribution in [0.2, 0.25) is 10.0 Å². The highest BCUT2D eigenvalue weighted by Gasteiger charge is 2.49. The minimum Gasteiger partial charge on any atom is -0.452 e. The Labute approximate surface area is 201 Å². The van der Waals surface area contributed by atoms with Crippen LogP contribution in [0.5, 0.6) is 0 Å². The van der Waals surface area contributed by atoms with Crippen LogP contribution in [0, 0.1) is 17.8 Å². The zero-order valence-corrected chi connectivity index (χ0v) is 19.4. The summed E-state index contributed by atoms with van der Waals surface area (Å²) in [6.07, 6.45) is 2.38. The number of carbonyl (C=O) groups is 4. The number of hydrogen-bond acceptors (Lipinski definition) is 5. The van der Waals surface area contributed by atoms with Crippen LogP contribution in [0.3, 0.4) is 0 Å². The first-order valence-electron chi connectivity index (χ1n) is 10.6. The van der Waals surface area contributed by atoms with Crippen LogP contribution in [-0.2, 0) is 19.1 Å². The van der Waals surface area contributed by atoms with Crippen LogP contribution in [0.4, 0.5) is 11.4 Å². The lowest BCUT2D eigenvalue weighted by Crippen LogP contribution is -2.30. The van der Waals surface area contributed by atoms with E-state index in [1.54, 1.807) is 30.3 Å². The van der Waals surface area contributed by atoms with Gasteiger partial charge in [-0.1, -0.05) is 36.2 Å². The molecule has 33 heavy (non-hydrogen) atoms. The number of esters is 1. The summed E-state index contributed by atoms with van der Waals surface area (Å²) < 4.78 is 5.05. The molecule has 172 valence electrons. The van der Waals surface area contributed by atoms with Gasteiger partial charge >= 0.3 is 5.97 Å². The molecular formula is C24H22Cl2N2O5. The molecule has 2 fully saturated rings. The summed E-state index contributed by atoms with van der Waals surface area (Å²) in [7, 11) is 0. The van der Waals surface area contributed by atoms with E-state index in [2.05, 4.69) is 12.2 Å². The molecule has 9 heteroatoms. The minimum absolute atomic E-state index is 0.177. The van der Waals surface area contributed by atoms with Crippen molar-refractivity contribution < 1.29 is 23.9 Å². The number of fused-ring (bicyclic) bond motifs is 1. The smallest absolute Gasteiger partial charge is 0.338 e. The maximum atomic E-state index is 12.8. The second-order valence-electron chi connectivity index (χ2n) is 8.42. The molecule has 4 rings (SSSR count). The van der Waals surface area contributed by atoms with E-state index in [0.29, 0.717) is 17.3 Å². The molecule has 7 nitrogen and oxygen atoms in total. The van der Waals surface area contributed by atoms with Crippen molar-refractivity contribution in [3.8, 4) is 0 Å². The lowest BCUT2D eigenvalue weighted by molar-refractivity contribution is -0.122. The van der Waals surface area contributed by atoms with Crippen molar-refractivity contribution in [2.24, 2.45) is 17.8 Å². The van der Waals surface area contributed by atoms with Gasteiger partial charge in [-0.2, -0.15) is 0 Å². The van der Waals surface area contributed by atoms with Gasteiger partial charge < -0.3 is 10.1 Å². The number of benzene rings is 2. The van der Waals surface area contributed by atoms with Crippen molar-refractivity contribution >= 4 is 58.3 Å². The van der Waals surface area contributed by atoms with Gasteiger partial charge in [-0.15, -0.1) is 0 Å². The Bertz CT molecular complexity index is 1120. The molecule has 1 heterocycles. The van der Waals surface area contributed by atoms with Gasteiger partial charge in [0.05, 0.1) is 38.8 Å². The average molecular weight is 489 g/mol. The summed E-state index contributed by atoms with van der Waals surface area (Å²) >= 11 is 11.9. The molecule has 2 aromatic carbocycles. The third-order valence-electron chi connectivity index (χ3n) is 6.11. The first kappa shape index (κ1) is 23.3. The van der Waals surface area contributed by atoms with E-state index in [-0.39, 0.29) is 39.3 Å². The van der Waals surface area contributed by atoms with Crippen molar-refractivity contribution in [1.29, 1.82) is 0 Å². The highest BCUT2D eigenvalue weighted by Crippen LogP contribution is 2.42. The Morgan fingerprint density at radius 1 is 1.03 bits per heavy atom. The van der Waals surface area contributed by atoms with Gasteiger partial charge in [0.2, 0.25) is 11.8 Å². The van der Waals surface area contributed by atoms with E-state index in [1.165, 1.54) is 17.0 Å². The van der Waals surface area contributed by atoms with Gasteiger partial charge in [-0.05, 0) is 61.6 Å². The number of imide groups is 1. The molecular weight excluding hydrogens is 467 g/mol. The van der Waals surface area contributed by atoms with Crippen LogP contribution in [-0.4, -0.2) is 30.3 Å². The summed E-state index contributed by atoms with van der Waals surface area (Å²) in [6, 6.07) is 10.8. The predicted molar refractivity (Wildman–Crippen MR) is 124 cm³/mol. The minimum atomic E-state index is -0.713. The highest BCUT2D eigenvalue weighted by atomic mass is 35.5. The fourth-order valence-electron chi connectivity index (χ4n) is 4.39. The van der Waals surface area contributed by atoms with E-state index in [4.69, 9.17) is 27.9 Å². The molecule has 2 aliphatic rings. The molecule has 1 aliphatic carbocycles. The molecule has 0 spiro atoms. The fourth-order valence-corrected chi connectivity index (χ4v) is 4.74. The SMILES string of the molecule is C[C@@H]1CC[C@H]2C(=O)N(c3ccc(C(=O)OCC(=O)Nc4cccc(Cl)c4Cl)cc3)C(=O)[C@H]2C1. The number of halogens is 2. The van der Waals surface area contributed by atoms with Crippen molar-refractivity contribution in [2.45, 2.75) is 26.2 Å². The average Bonchev–Trinajstić information content (AvgIpc) is 3.04. The zero-order chi connectivity index (χ0) is 23.7. The molecule has 0 aromatic heterocycles. The van der Waals surface area contributed by atoms with Gasteiger partial charge in [0.15, 0.2) is 6.61 Å². The van der Waals surface area contributed by atoms with Crippen LogP contribution in [0.15, 0.2) is 42.5 Å². The Kier molecular flexibility index (Phi) is 6.72. The predicted octanol–water partition coefficient (Wildman–Crippen LogP) is 4.71. The summed E-state index contributed by atoms with van der Waals surface area (Å²) in [5.41, 5.74) is 0.930. The van der Waals surface area contributed by atoms with Gasteiger partial charge in [0.1, 0.15) is 0 Å². The molecule has 0 bridgehead atoms. The molecule has 0 radical (unpaired) electrons. The number of nitrogens with one attached hydrogen (secondary N) is 1. The fraction of sp³-hybridized carbons (Fsp3) is 0.333. The number of ether oxygens (including phenoxy) is 1. The number of amides is 3. The molecule has 1 N–H and O–H groups in total. The van der Waals surface area contributed by atoms with Crippen LogP contribution in [0.25, 0.3) is 0 Å². The normalized spacial score (nSPS) is 22.2. The van der Waals surface area contributed by atoms with E-state index in [0.717, 1.165) is 19.3 Å². The number of nitrogens with zero attached hydrogens (tertiary/aromatic N) is 1. The maximum absolute atomic E-state index is 12.8. The van der Waals surface area contributed by atoms with E-state index in [1.807, 2.05) is 0 Å². The van der Waals surface area contributed by atoms with Gasteiger partial charge in [-0.25, -0.2) is 4.79 Å². The Balaban J connectivity index is 1.36.